The molecule has 1 atom stereocenters. The molecule has 176 valence electrons. The molecule has 35 heavy (non-hydrogen) atoms. The van der Waals surface area contributed by atoms with E-state index in [1.807, 2.05) is 36.4 Å². The zero-order valence-corrected chi connectivity index (χ0v) is 18.7. The molecule has 3 heterocycles. The van der Waals surface area contributed by atoms with Crippen molar-refractivity contribution >= 4 is 11.1 Å². The van der Waals surface area contributed by atoms with Gasteiger partial charge in [0.05, 0.1) is 11.1 Å². The van der Waals surface area contributed by atoms with Crippen LogP contribution in [0.15, 0.2) is 77.6 Å². The fourth-order valence-corrected chi connectivity index (χ4v) is 4.76. The zero-order valence-electron chi connectivity index (χ0n) is 18.7. The Balaban J connectivity index is 1.54. The molecule has 3 aromatic heterocycles. The molecule has 6 rings (SSSR count). The molecule has 1 aliphatic rings. The van der Waals surface area contributed by atoms with Gasteiger partial charge in [-0.3, -0.25) is 4.68 Å². The Hall–Kier alpha value is -3.94. The number of benzene rings is 2. The summed E-state index contributed by atoms with van der Waals surface area (Å²) in [7, 11) is 0. The smallest absolute Gasteiger partial charge is 0.270 e. The lowest BCUT2D eigenvalue weighted by atomic mass is 9.92. The molecule has 2 aromatic carbocycles. The first-order valence-corrected chi connectivity index (χ1v) is 11.5. The van der Waals surface area contributed by atoms with E-state index in [1.165, 1.54) is 23.1 Å². The lowest BCUT2D eigenvalue weighted by molar-refractivity contribution is -0.0817. The molecule has 0 saturated heterocycles. The van der Waals surface area contributed by atoms with Crippen LogP contribution in [0.25, 0.3) is 44.9 Å². The first-order chi connectivity index (χ1) is 17.0. The third kappa shape index (κ3) is 3.88. The van der Waals surface area contributed by atoms with Gasteiger partial charge in [-0.05, 0) is 43.2 Å². The highest BCUT2D eigenvalue weighted by atomic mass is 19.3. The van der Waals surface area contributed by atoms with Crippen LogP contribution in [-0.2, 0) is 0 Å². The Labute approximate surface area is 199 Å². The Morgan fingerprint density at radius 1 is 0.914 bits per heavy atom. The molecule has 1 aliphatic carbocycles. The summed E-state index contributed by atoms with van der Waals surface area (Å²) in [6, 6.07) is 16.2. The standard InChI is InChI=1S/C27H21F3N4O/c28-19-11-9-18(10-12-19)24-21(15-34(33-24)23-8-4-5-13-27(23,29)30)25-20-14-22(17-6-2-1-3-7-17)35-26(20)32-16-31-25/h1-3,6-7,9-12,14-16,23H,4-5,8,13H2/t23-/m1/s1. The number of halogens is 3. The summed E-state index contributed by atoms with van der Waals surface area (Å²) in [5.41, 5.74) is 3.41. The number of hydrogen-bond acceptors (Lipinski definition) is 4. The molecular formula is C27H21F3N4O. The molecule has 0 radical (unpaired) electrons. The number of furan rings is 1. The topological polar surface area (TPSA) is 56.7 Å². The van der Waals surface area contributed by atoms with E-state index >= 15 is 0 Å². The van der Waals surface area contributed by atoms with Crippen molar-refractivity contribution < 1.29 is 17.6 Å². The highest BCUT2D eigenvalue weighted by Gasteiger charge is 2.43. The molecule has 5 aromatic rings. The molecule has 0 N–H and O–H groups in total. The summed E-state index contributed by atoms with van der Waals surface area (Å²) >= 11 is 0. The van der Waals surface area contributed by atoms with Gasteiger partial charge >= 0.3 is 0 Å². The Kier molecular flexibility index (Phi) is 5.16. The van der Waals surface area contributed by atoms with E-state index in [9.17, 15) is 13.2 Å². The van der Waals surface area contributed by atoms with Crippen LogP contribution in [0.2, 0.25) is 0 Å². The van der Waals surface area contributed by atoms with Crippen molar-refractivity contribution in [1.29, 1.82) is 0 Å². The first kappa shape index (κ1) is 21.6. The van der Waals surface area contributed by atoms with Gasteiger partial charge in [0.2, 0.25) is 5.71 Å². The van der Waals surface area contributed by atoms with Crippen LogP contribution in [0.4, 0.5) is 13.2 Å². The number of aromatic nitrogens is 4. The molecule has 0 unspecified atom stereocenters. The van der Waals surface area contributed by atoms with E-state index in [0.29, 0.717) is 58.6 Å². The van der Waals surface area contributed by atoms with Gasteiger partial charge in [0, 0.05) is 29.3 Å². The molecule has 0 bridgehead atoms. The van der Waals surface area contributed by atoms with Crippen LogP contribution in [0.5, 0.6) is 0 Å². The van der Waals surface area contributed by atoms with Gasteiger partial charge in [-0.25, -0.2) is 23.1 Å². The summed E-state index contributed by atoms with van der Waals surface area (Å²) in [6.07, 6.45) is 4.38. The van der Waals surface area contributed by atoms with Crippen LogP contribution >= 0.6 is 0 Å². The second-order valence-corrected chi connectivity index (χ2v) is 8.82. The number of rotatable bonds is 4. The number of fused-ring (bicyclic) bond motifs is 1. The summed E-state index contributed by atoms with van der Waals surface area (Å²) in [6.45, 7) is 0. The molecule has 0 spiro atoms. The predicted molar refractivity (Wildman–Crippen MR) is 126 cm³/mol. The van der Waals surface area contributed by atoms with Crippen molar-refractivity contribution in [2.75, 3.05) is 0 Å². The molecule has 0 aliphatic heterocycles. The number of nitrogens with zero attached hydrogens (tertiary/aromatic N) is 4. The van der Waals surface area contributed by atoms with E-state index < -0.39 is 12.0 Å². The SMILES string of the molecule is Fc1ccc(-c2nn([C@@H]3CCCCC3(F)F)cc2-c2ncnc3oc(-c4ccccc4)cc23)cc1. The average molecular weight is 474 g/mol. The maximum absolute atomic E-state index is 14.8. The van der Waals surface area contributed by atoms with Gasteiger partial charge in [0.25, 0.3) is 5.92 Å². The van der Waals surface area contributed by atoms with E-state index in [1.54, 1.807) is 18.3 Å². The van der Waals surface area contributed by atoms with Gasteiger partial charge in [-0.1, -0.05) is 36.8 Å². The zero-order chi connectivity index (χ0) is 24.0. The van der Waals surface area contributed by atoms with E-state index in [2.05, 4.69) is 15.1 Å². The third-order valence-electron chi connectivity index (χ3n) is 6.54. The summed E-state index contributed by atoms with van der Waals surface area (Å²) in [4.78, 5) is 8.77. The van der Waals surface area contributed by atoms with Crippen LogP contribution in [0, 0.1) is 5.82 Å². The maximum atomic E-state index is 14.8. The minimum atomic E-state index is -2.86. The minimum absolute atomic E-state index is 0.168. The summed E-state index contributed by atoms with van der Waals surface area (Å²) in [5, 5.41) is 5.24. The van der Waals surface area contributed by atoms with Crippen molar-refractivity contribution in [2.24, 2.45) is 0 Å². The molecule has 1 saturated carbocycles. The fourth-order valence-electron chi connectivity index (χ4n) is 4.76. The van der Waals surface area contributed by atoms with Gasteiger partial charge in [0.15, 0.2) is 0 Å². The molecular weight excluding hydrogens is 453 g/mol. The van der Waals surface area contributed by atoms with Gasteiger partial charge in [-0.15, -0.1) is 0 Å². The second kappa shape index (κ2) is 8.37. The number of hydrogen-bond donors (Lipinski definition) is 0. The molecule has 5 nitrogen and oxygen atoms in total. The normalized spacial score (nSPS) is 17.6. The highest BCUT2D eigenvalue weighted by molar-refractivity contribution is 5.95. The average Bonchev–Trinajstić information content (AvgIpc) is 3.50. The summed E-state index contributed by atoms with van der Waals surface area (Å²) in [5.74, 6) is -2.63. The van der Waals surface area contributed by atoms with Gasteiger partial charge in [0.1, 0.15) is 29.6 Å². The van der Waals surface area contributed by atoms with E-state index in [0.717, 1.165) is 5.56 Å². The largest absolute Gasteiger partial charge is 0.438 e. The van der Waals surface area contributed by atoms with Crippen LogP contribution in [0.1, 0.15) is 31.7 Å². The molecule has 1 fully saturated rings. The van der Waals surface area contributed by atoms with Gasteiger partial charge < -0.3 is 4.42 Å². The Morgan fingerprint density at radius 2 is 1.71 bits per heavy atom. The second-order valence-electron chi connectivity index (χ2n) is 8.82. The minimum Gasteiger partial charge on any atom is -0.438 e. The van der Waals surface area contributed by atoms with E-state index in [4.69, 9.17) is 4.42 Å². The van der Waals surface area contributed by atoms with Crippen LogP contribution < -0.4 is 0 Å². The summed E-state index contributed by atoms with van der Waals surface area (Å²) < 4.78 is 50.7. The number of alkyl halides is 2. The van der Waals surface area contributed by atoms with Crippen molar-refractivity contribution in [3.8, 4) is 33.8 Å². The van der Waals surface area contributed by atoms with Crippen molar-refractivity contribution in [2.45, 2.75) is 37.6 Å². The van der Waals surface area contributed by atoms with Crippen molar-refractivity contribution in [1.82, 2.24) is 19.7 Å². The molecule has 0 amide bonds. The van der Waals surface area contributed by atoms with Gasteiger partial charge in [-0.2, -0.15) is 5.10 Å². The lowest BCUT2D eigenvalue weighted by Crippen LogP contribution is -2.34. The monoisotopic (exact) mass is 474 g/mol. The van der Waals surface area contributed by atoms with Crippen LogP contribution in [0.3, 0.4) is 0 Å². The molecule has 8 heteroatoms. The van der Waals surface area contributed by atoms with Crippen molar-refractivity contribution in [3.05, 3.63) is 79.0 Å². The van der Waals surface area contributed by atoms with Crippen LogP contribution in [-0.4, -0.2) is 25.7 Å². The fraction of sp³-hybridized carbons (Fsp3) is 0.222. The third-order valence-corrected chi connectivity index (χ3v) is 6.54. The quantitative estimate of drug-likeness (QED) is 0.274. The Bertz CT molecular complexity index is 1490. The maximum Gasteiger partial charge on any atom is 0.270 e. The lowest BCUT2D eigenvalue weighted by Gasteiger charge is -2.31. The van der Waals surface area contributed by atoms with Crippen molar-refractivity contribution in [3.63, 3.8) is 0 Å². The highest BCUT2D eigenvalue weighted by Crippen LogP contribution is 2.44. The van der Waals surface area contributed by atoms with E-state index in [-0.39, 0.29) is 12.2 Å². The Morgan fingerprint density at radius 3 is 2.49 bits per heavy atom. The first-order valence-electron chi connectivity index (χ1n) is 11.5. The predicted octanol–water partition coefficient (Wildman–Crippen LogP) is 7.31.